The zero-order chi connectivity index (χ0) is 18.1. The Morgan fingerprint density at radius 3 is 2.40 bits per heavy atom. The average Bonchev–Trinajstić information content (AvgIpc) is 2.64. The number of fused-ring (bicyclic) bond motifs is 1. The van der Waals surface area contributed by atoms with Gasteiger partial charge in [-0.15, -0.1) is 0 Å². The standard InChI is InChI=1S/C21H34N4/c1-19(2,3)15-20(4,5)25-18-21(10-12-22-13-11-21)23-14-16-8-6-7-9-17(16)24-18/h6-9,22-23H,10-15H2,1-5H3,(H,24,25). The first-order chi connectivity index (χ1) is 11.7. The van der Waals surface area contributed by atoms with Gasteiger partial charge in [0.1, 0.15) is 5.84 Å². The van der Waals surface area contributed by atoms with E-state index in [0.717, 1.165) is 44.7 Å². The Kier molecular flexibility index (Phi) is 4.95. The van der Waals surface area contributed by atoms with Gasteiger partial charge in [-0.05, 0) is 63.2 Å². The summed E-state index contributed by atoms with van der Waals surface area (Å²) in [5.74, 6) is 1.12. The fraction of sp³-hybridized carbons (Fsp3) is 0.667. The molecule has 0 amide bonds. The molecule has 138 valence electrons. The zero-order valence-electron chi connectivity index (χ0n) is 16.5. The fourth-order valence-electron chi connectivity index (χ4n) is 4.43. The van der Waals surface area contributed by atoms with Crippen LogP contribution in [0.2, 0.25) is 0 Å². The van der Waals surface area contributed by atoms with Gasteiger partial charge in [0.25, 0.3) is 0 Å². The Morgan fingerprint density at radius 2 is 1.72 bits per heavy atom. The Morgan fingerprint density at radius 1 is 1.04 bits per heavy atom. The first-order valence-corrected chi connectivity index (χ1v) is 9.60. The molecule has 2 aliphatic rings. The summed E-state index contributed by atoms with van der Waals surface area (Å²) in [5.41, 5.74) is 2.61. The van der Waals surface area contributed by atoms with Gasteiger partial charge in [0.2, 0.25) is 0 Å². The molecule has 2 aliphatic heterocycles. The SMILES string of the molecule is CC(C)(C)CC(C)(C)N=C1Nc2ccccc2CNC12CCNCC2. The maximum absolute atomic E-state index is 5.30. The van der Waals surface area contributed by atoms with Crippen LogP contribution >= 0.6 is 0 Å². The molecule has 0 radical (unpaired) electrons. The van der Waals surface area contributed by atoms with Gasteiger partial charge in [-0.1, -0.05) is 39.0 Å². The molecule has 3 N–H and O–H groups in total. The molecule has 1 fully saturated rings. The number of benzene rings is 1. The van der Waals surface area contributed by atoms with E-state index in [4.69, 9.17) is 4.99 Å². The van der Waals surface area contributed by atoms with Crippen LogP contribution in [0.4, 0.5) is 5.69 Å². The third-order valence-electron chi connectivity index (χ3n) is 5.18. The second kappa shape index (κ2) is 6.73. The van der Waals surface area contributed by atoms with E-state index in [1.807, 2.05) is 0 Å². The zero-order valence-corrected chi connectivity index (χ0v) is 16.5. The number of hydrogen-bond donors (Lipinski definition) is 3. The number of amidine groups is 1. The number of nitrogens with one attached hydrogen (secondary N) is 3. The number of para-hydroxylation sites is 1. The lowest BCUT2D eigenvalue weighted by Gasteiger charge is -2.40. The van der Waals surface area contributed by atoms with Crippen LogP contribution in [0, 0.1) is 5.41 Å². The van der Waals surface area contributed by atoms with Crippen molar-refractivity contribution in [3.63, 3.8) is 0 Å². The summed E-state index contributed by atoms with van der Waals surface area (Å²) >= 11 is 0. The first kappa shape index (κ1) is 18.4. The van der Waals surface area contributed by atoms with Gasteiger partial charge < -0.3 is 16.0 Å². The minimum Gasteiger partial charge on any atom is -0.342 e. The van der Waals surface area contributed by atoms with Crippen LogP contribution in [0.1, 0.15) is 59.4 Å². The highest BCUT2D eigenvalue weighted by atomic mass is 15.2. The van der Waals surface area contributed by atoms with Crippen molar-refractivity contribution < 1.29 is 0 Å². The molecule has 0 bridgehead atoms. The van der Waals surface area contributed by atoms with Crippen molar-refractivity contribution in [1.29, 1.82) is 0 Å². The number of piperidine rings is 1. The molecule has 0 atom stereocenters. The van der Waals surface area contributed by atoms with Crippen LogP contribution in [-0.2, 0) is 6.54 Å². The quantitative estimate of drug-likeness (QED) is 0.763. The molecule has 0 saturated carbocycles. The van der Waals surface area contributed by atoms with Crippen LogP contribution < -0.4 is 16.0 Å². The molecule has 0 unspecified atom stereocenters. The van der Waals surface area contributed by atoms with Crippen molar-refractivity contribution >= 4 is 11.5 Å². The second-order valence-electron chi connectivity index (χ2n) is 9.48. The largest absolute Gasteiger partial charge is 0.342 e. The molecular weight excluding hydrogens is 308 g/mol. The van der Waals surface area contributed by atoms with Gasteiger partial charge >= 0.3 is 0 Å². The maximum Gasteiger partial charge on any atom is 0.122 e. The molecule has 4 heteroatoms. The van der Waals surface area contributed by atoms with Crippen LogP contribution in [-0.4, -0.2) is 30.0 Å². The number of anilines is 1. The minimum atomic E-state index is -0.0978. The highest BCUT2D eigenvalue weighted by Crippen LogP contribution is 2.33. The van der Waals surface area contributed by atoms with Crippen LogP contribution in [0.15, 0.2) is 29.3 Å². The lowest BCUT2D eigenvalue weighted by atomic mass is 9.81. The summed E-state index contributed by atoms with van der Waals surface area (Å²) in [5, 5.41) is 11.1. The minimum absolute atomic E-state index is 0.0561. The number of rotatable bonds is 2. The molecule has 1 aromatic carbocycles. The van der Waals surface area contributed by atoms with Crippen LogP contribution in [0.3, 0.4) is 0 Å². The topological polar surface area (TPSA) is 48.5 Å². The Labute approximate surface area is 152 Å². The van der Waals surface area contributed by atoms with Crippen LogP contribution in [0.25, 0.3) is 0 Å². The molecule has 1 saturated heterocycles. The molecule has 0 aliphatic carbocycles. The average molecular weight is 343 g/mol. The van der Waals surface area contributed by atoms with Crippen molar-refractivity contribution in [3.05, 3.63) is 29.8 Å². The summed E-state index contributed by atoms with van der Waals surface area (Å²) in [6.45, 7) is 14.4. The van der Waals surface area contributed by atoms with Gasteiger partial charge in [0.05, 0.1) is 11.1 Å². The number of aliphatic imine (C=N–C) groups is 1. The van der Waals surface area contributed by atoms with Gasteiger partial charge in [-0.2, -0.15) is 0 Å². The van der Waals surface area contributed by atoms with Gasteiger partial charge in [0, 0.05) is 12.2 Å². The molecular formula is C21H34N4. The van der Waals surface area contributed by atoms with E-state index in [1.54, 1.807) is 0 Å². The molecule has 3 rings (SSSR count). The molecule has 4 nitrogen and oxygen atoms in total. The monoisotopic (exact) mass is 342 g/mol. The first-order valence-electron chi connectivity index (χ1n) is 9.60. The summed E-state index contributed by atoms with van der Waals surface area (Å²) < 4.78 is 0. The van der Waals surface area contributed by atoms with E-state index < -0.39 is 0 Å². The Hall–Kier alpha value is -1.39. The fourth-order valence-corrected chi connectivity index (χ4v) is 4.43. The van der Waals surface area contributed by atoms with Crippen molar-refractivity contribution in [1.82, 2.24) is 10.6 Å². The lowest BCUT2D eigenvalue weighted by molar-refractivity contribution is 0.281. The molecule has 0 aromatic heterocycles. The van der Waals surface area contributed by atoms with E-state index in [0.29, 0.717) is 0 Å². The van der Waals surface area contributed by atoms with Gasteiger partial charge in [0.15, 0.2) is 0 Å². The second-order valence-corrected chi connectivity index (χ2v) is 9.48. The smallest absolute Gasteiger partial charge is 0.122 e. The molecule has 1 aromatic rings. The van der Waals surface area contributed by atoms with Crippen molar-refractivity contribution in [3.8, 4) is 0 Å². The third kappa shape index (κ3) is 4.42. The summed E-state index contributed by atoms with van der Waals surface area (Å²) in [7, 11) is 0. The van der Waals surface area contributed by atoms with E-state index >= 15 is 0 Å². The third-order valence-corrected chi connectivity index (χ3v) is 5.18. The predicted octanol–water partition coefficient (Wildman–Crippen LogP) is 3.94. The Balaban J connectivity index is 1.99. The number of hydrogen-bond acceptors (Lipinski definition) is 3. The predicted molar refractivity (Wildman–Crippen MR) is 107 cm³/mol. The van der Waals surface area contributed by atoms with Gasteiger partial charge in [-0.25, -0.2) is 0 Å². The summed E-state index contributed by atoms with van der Waals surface area (Å²) in [6.07, 6.45) is 3.19. The number of nitrogens with zero attached hydrogens (tertiary/aromatic N) is 1. The van der Waals surface area contributed by atoms with Crippen molar-refractivity contribution in [2.75, 3.05) is 18.4 Å². The highest BCUT2D eigenvalue weighted by molar-refractivity contribution is 6.04. The molecule has 25 heavy (non-hydrogen) atoms. The van der Waals surface area contributed by atoms with Crippen LogP contribution in [0.5, 0.6) is 0 Å². The van der Waals surface area contributed by atoms with E-state index in [1.165, 1.54) is 11.3 Å². The lowest BCUT2D eigenvalue weighted by Crippen LogP contribution is -2.59. The van der Waals surface area contributed by atoms with E-state index in [2.05, 4.69) is 74.8 Å². The van der Waals surface area contributed by atoms with Crippen molar-refractivity contribution in [2.24, 2.45) is 10.4 Å². The van der Waals surface area contributed by atoms with E-state index in [9.17, 15) is 0 Å². The molecule has 1 spiro atoms. The normalized spacial score (nSPS) is 22.4. The van der Waals surface area contributed by atoms with Gasteiger partial charge in [-0.3, -0.25) is 4.99 Å². The molecule has 2 heterocycles. The Bertz CT molecular complexity index is 634. The summed E-state index contributed by atoms with van der Waals surface area (Å²) in [6, 6.07) is 8.59. The van der Waals surface area contributed by atoms with Crippen molar-refractivity contribution in [2.45, 2.75) is 71.5 Å². The summed E-state index contributed by atoms with van der Waals surface area (Å²) in [4.78, 5) is 5.30. The highest BCUT2D eigenvalue weighted by Gasteiger charge is 2.40. The van der Waals surface area contributed by atoms with E-state index in [-0.39, 0.29) is 16.5 Å². The maximum atomic E-state index is 5.30.